The summed E-state index contributed by atoms with van der Waals surface area (Å²) in [4.78, 5) is 8.91. The maximum absolute atomic E-state index is 14.3. The van der Waals surface area contributed by atoms with Gasteiger partial charge in [0, 0.05) is 34.4 Å². The van der Waals surface area contributed by atoms with Crippen LogP contribution in [0.4, 0.5) is 15.9 Å². The molecule has 3 nitrogen and oxygen atoms in total. The summed E-state index contributed by atoms with van der Waals surface area (Å²) in [5, 5.41) is 6.45. The van der Waals surface area contributed by atoms with Crippen LogP contribution in [0.5, 0.6) is 0 Å². The van der Waals surface area contributed by atoms with Gasteiger partial charge in [0.2, 0.25) is 0 Å². The van der Waals surface area contributed by atoms with E-state index in [4.69, 9.17) is 0 Å². The standard InChI is InChI=1S/C26H18FN3/c1-2-17-8-9-18(16-24(17)27)21-6-3-7-23-22(21)12-14-29-26(23)30-20-10-11-25-19(15-20)5-4-13-28-25/h2-16H,1H2,(H,29,30). The Hall–Kier alpha value is -4.05. The monoisotopic (exact) mass is 391 g/mol. The maximum atomic E-state index is 14.3. The zero-order valence-electron chi connectivity index (χ0n) is 16.1. The Balaban J connectivity index is 1.59. The average molecular weight is 391 g/mol. The fourth-order valence-corrected chi connectivity index (χ4v) is 3.71. The van der Waals surface area contributed by atoms with Gasteiger partial charge >= 0.3 is 0 Å². The van der Waals surface area contributed by atoms with E-state index in [1.807, 2.05) is 54.6 Å². The van der Waals surface area contributed by atoms with Crippen molar-refractivity contribution in [2.24, 2.45) is 0 Å². The highest BCUT2D eigenvalue weighted by Crippen LogP contribution is 2.33. The maximum Gasteiger partial charge on any atom is 0.138 e. The van der Waals surface area contributed by atoms with Crippen LogP contribution >= 0.6 is 0 Å². The third-order valence-corrected chi connectivity index (χ3v) is 5.20. The summed E-state index contributed by atoms with van der Waals surface area (Å²) in [6, 6.07) is 23.1. The van der Waals surface area contributed by atoms with E-state index in [1.54, 1.807) is 24.5 Å². The quantitative estimate of drug-likeness (QED) is 0.359. The molecule has 30 heavy (non-hydrogen) atoms. The summed E-state index contributed by atoms with van der Waals surface area (Å²) < 4.78 is 14.3. The first-order chi connectivity index (χ1) is 14.7. The number of hydrogen-bond donors (Lipinski definition) is 1. The first-order valence-electron chi connectivity index (χ1n) is 9.65. The molecule has 0 saturated carbocycles. The van der Waals surface area contributed by atoms with Gasteiger partial charge in [0.25, 0.3) is 0 Å². The smallest absolute Gasteiger partial charge is 0.138 e. The van der Waals surface area contributed by atoms with E-state index < -0.39 is 0 Å². The Morgan fingerprint density at radius 2 is 1.77 bits per heavy atom. The number of anilines is 2. The number of nitrogens with one attached hydrogen (secondary N) is 1. The summed E-state index contributed by atoms with van der Waals surface area (Å²) in [7, 11) is 0. The Morgan fingerprint density at radius 1 is 0.833 bits per heavy atom. The Kier molecular flexibility index (Phi) is 4.45. The van der Waals surface area contributed by atoms with E-state index in [0.717, 1.165) is 44.3 Å². The van der Waals surface area contributed by atoms with Crippen LogP contribution in [-0.2, 0) is 0 Å². The van der Waals surface area contributed by atoms with Gasteiger partial charge in [-0.1, -0.05) is 49.1 Å². The molecule has 0 unspecified atom stereocenters. The Labute approximate surface area is 173 Å². The van der Waals surface area contributed by atoms with Crippen molar-refractivity contribution >= 4 is 39.3 Å². The molecular weight excluding hydrogens is 373 g/mol. The molecule has 5 aromatic rings. The molecule has 0 radical (unpaired) electrons. The van der Waals surface area contributed by atoms with E-state index in [9.17, 15) is 4.39 Å². The van der Waals surface area contributed by atoms with Gasteiger partial charge in [-0.2, -0.15) is 0 Å². The normalized spacial score (nSPS) is 11.0. The molecule has 0 fully saturated rings. The van der Waals surface area contributed by atoms with Crippen molar-refractivity contribution in [2.45, 2.75) is 0 Å². The highest BCUT2D eigenvalue weighted by atomic mass is 19.1. The Bertz CT molecular complexity index is 1410. The lowest BCUT2D eigenvalue weighted by molar-refractivity contribution is 0.625. The van der Waals surface area contributed by atoms with Crippen molar-refractivity contribution in [3.63, 3.8) is 0 Å². The van der Waals surface area contributed by atoms with Crippen LogP contribution in [0.2, 0.25) is 0 Å². The van der Waals surface area contributed by atoms with Crippen LogP contribution in [0.25, 0.3) is 38.9 Å². The SMILES string of the molecule is C=Cc1ccc(-c2cccc3c(Nc4ccc5ncccc5c4)nccc23)cc1F. The summed E-state index contributed by atoms with van der Waals surface area (Å²) in [6.07, 6.45) is 5.08. The molecule has 3 aromatic carbocycles. The fourth-order valence-electron chi connectivity index (χ4n) is 3.71. The van der Waals surface area contributed by atoms with E-state index in [2.05, 4.69) is 27.9 Å². The molecule has 5 rings (SSSR count). The van der Waals surface area contributed by atoms with Crippen molar-refractivity contribution < 1.29 is 4.39 Å². The van der Waals surface area contributed by atoms with Crippen LogP contribution in [0.1, 0.15) is 5.56 Å². The number of rotatable bonds is 4. The molecule has 0 amide bonds. The molecule has 2 heterocycles. The lowest BCUT2D eigenvalue weighted by Crippen LogP contribution is -1.95. The summed E-state index contributed by atoms with van der Waals surface area (Å²) in [6.45, 7) is 3.65. The van der Waals surface area contributed by atoms with Gasteiger partial charge in [0.15, 0.2) is 0 Å². The molecule has 0 atom stereocenters. The Morgan fingerprint density at radius 3 is 2.63 bits per heavy atom. The molecule has 0 aliphatic carbocycles. The number of fused-ring (bicyclic) bond motifs is 2. The summed E-state index contributed by atoms with van der Waals surface area (Å²) in [5.41, 5.74) is 4.14. The molecule has 0 aliphatic rings. The highest BCUT2D eigenvalue weighted by molar-refractivity contribution is 6.02. The predicted octanol–water partition coefficient (Wildman–Crippen LogP) is 6.98. The van der Waals surface area contributed by atoms with Gasteiger partial charge in [-0.3, -0.25) is 4.98 Å². The van der Waals surface area contributed by atoms with Crippen LogP contribution in [0, 0.1) is 5.82 Å². The van der Waals surface area contributed by atoms with Crippen molar-refractivity contribution in [3.8, 4) is 11.1 Å². The zero-order valence-corrected chi connectivity index (χ0v) is 16.1. The van der Waals surface area contributed by atoms with Crippen molar-refractivity contribution in [2.75, 3.05) is 5.32 Å². The van der Waals surface area contributed by atoms with E-state index in [-0.39, 0.29) is 5.82 Å². The third kappa shape index (κ3) is 3.18. The number of aromatic nitrogens is 2. The number of hydrogen-bond acceptors (Lipinski definition) is 3. The van der Waals surface area contributed by atoms with Gasteiger partial charge in [-0.25, -0.2) is 9.37 Å². The van der Waals surface area contributed by atoms with Crippen LogP contribution in [0.3, 0.4) is 0 Å². The van der Waals surface area contributed by atoms with Gasteiger partial charge in [0.1, 0.15) is 11.6 Å². The zero-order chi connectivity index (χ0) is 20.5. The third-order valence-electron chi connectivity index (χ3n) is 5.20. The lowest BCUT2D eigenvalue weighted by atomic mass is 9.98. The second kappa shape index (κ2) is 7.41. The molecule has 1 N–H and O–H groups in total. The average Bonchev–Trinajstić information content (AvgIpc) is 2.79. The first kappa shape index (κ1) is 18.0. The van der Waals surface area contributed by atoms with Crippen molar-refractivity contribution in [1.82, 2.24) is 9.97 Å². The molecular formula is C26H18FN3. The largest absolute Gasteiger partial charge is 0.340 e. The number of benzene rings is 3. The van der Waals surface area contributed by atoms with Crippen molar-refractivity contribution in [3.05, 3.63) is 103 Å². The molecule has 0 bridgehead atoms. The minimum atomic E-state index is -0.281. The molecule has 144 valence electrons. The lowest BCUT2D eigenvalue weighted by Gasteiger charge is -2.12. The molecule has 2 aromatic heterocycles. The van der Waals surface area contributed by atoms with Gasteiger partial charge < -0.3 is 5.32 Å². The van der Waals surface area contributed by atoms with Gasteiger partial charge in [-0.15, -0.1) is 0 Å². The predicted molar refractivity (Wildman–Crippen MR) is 122 cm³/mol. The van der Waals surface area contributed by atoms with Crippen LogP contribution in [-0.4, -0.2) is 9.97 Å². The van der Waals surface area contributed by atoms with Gasteiger partial charge in [-0.05, 0) is 52.9 Å². The van der Waals surface area contributed by atoms with Crippen molar-refractivity contribution in [1.29, 1.82) is 0 Å². The summed E-state index contributed by atoms with van der Waals surface area (Å²) in [5.74, 6) is 0.470. The van der Waals surface area contributed by atoms with E-state index >= 15 is 0 Å². The minimum absolute atomic E-state index is 0.281. The molecule has 0 saturated heterocycles. The highest BCUT2D eigenvalue weighted by Gasteiger charge is 2.10. The molecule has 0 spiro atoms. The second-order valence-corrected chi connectivity index (χ2v) is 7.04. The number of nitrogens with zero attached hydrogens (tertiary/aromatic N) is 2. The number of halogens is 1. The topological polar surface area (TPSA) is 37.8 Å². The minimum Gasteiger partial charge on any atom is -0.340 e. The molecule has 4 heteroatoms. The van der Waals surface area contributed by atoms with Crippen LogP contribution < -0.4 is 5.32 Å². The molecule has 0 aliphatic heterocycles. The van der Waals surface area contributed by atoms with E-state index in [1.165, 1.54) is 6.08 Å². The van der Waals surface area contributed by atoms with E-state index in [0.29, 0.717) is 5.56 Å². The fraction of sp³-hybridized carbons (Fsp3) is 0. The second-order valence-electron chi connectivity index (χ2n) is 7.04. The summed E-state index contributed by atoms with van der Waals surface area (Å²) >= 11 is 0. The van der Waals surface area contributed by atoms with Gasteiger partial charge in [0.05, 0.1) is 5.52 Å². The first-order valence-corrected chi connectivity index (χ1v) is 9.65. The number of pyridine rings is 2. The van der Waals surface area contributed by atoms with Crippen LogP contribution in [0.15, 0.2) is 91.8 Å².